The Balaban J connectivity index is 0.00000162. The fourth-order valence-electron chi connectivity index (χ4n) is 2.02. The Labute approximate surface area is 120 Å². The number of rotatable bonds is 2. The first-order chi connectivity index (χ1) is 8.11. The maximum absolute atomic E-state index is 13.1. The molecule has 100 valence electrons. The monoisotopic (exact) mass is 336 g/mol. The zero-order valence-electron chi connectivity index (χ0n) is 9.73. The van der Waals surface area contributed by atoms with Gasteiger partial charge in [0.25, 0.3) is 5.91 Å². The molecular weight excluding hydrogens is 322 g/mol. The third kappa shape index (κ3) is 3.22. The summed E-state index contributed by atoms with van der Waals surface area (Å²) < 4.78 is 13.4. The van der Waals surface area contributed by atoms with Gasteiger partial charge >= 0.3 is 0 Å². The molecule has 1 aliphatic heterocycles. The van der Waals surface area contributed by atoms with E-state index in [1.165, 1.54) is 18.2 Å². The SMILES string of the molecule is Cl.NCC1CCN(C(=O)c2ccc(F)c(Br)c2)C1. The predicted molar refractivity (Wildman–Crippen MR) is 74.4 cm³/mol. The zero-order valence-corrected chi connectivity index (χ0v) is 12.1. The summed E-state index contributed by atoms with van der Waals surface area (Å²) in [5.74, 6) is -0.0210. The molecule has 2 N–H and O–H groups in total. The third-order valence-corrected chi connectivity index (χ3v) is 3.68. The standard InChI is InChI=1S/C12H14BrFN2O.ClH/c13-10-5-9(1-2-11(10)14)12(17)16-4-3-8(6-15)7-16;/h1-2,5,8H,3-4,6-7,15H2;1H. The molecule has 6 heteroatoms. The quantitative estimate of drug-likeness (QED) is 0.901. The summed E-state index contributed by atoms with van der Waals surface area (Å²) in [4.78, 5) is 13.9. The van der Waals surface area contributed by atoms with Crippen molar-refractivity contribution < 1.29 is 9.18 Å². The Hall–Kier alpha value is -0.650. The number of carbonyl (C=O) groups is 1. The highest BCUT2D eigenvalue weighted by Gasteiger charge is 2.26. The van der Waals surface area contributed by atoms with Crippen LogP contribution in [0, 0.1) is 11.7 Å². The van der Waals surface area contributed by atoms with Crippen molar-refractivity contribution in [2.75, 3.05) is 19.6 Å². The number of nitrogens with two attached hydrogens (primary N) is 1. The van der Waals surface area contributed by atoms with Crippen molar-refractivity contribution in [1.82, 2.24) is 4.90 Å². The van der Waals surface area contributed by atoms with E-state index in [1.807, 2.05) is 0 Å². The number of amides is 1. The minimum atomic E-state index is -0.359. The average Bonchev–Trinajstić information content (AvgIpc) is 2.80. The lowest BCUT2D eigenvalue weighted by atomic mass is 10.1. The fraction of sp³-hybridized carbons (Fsp3) is 0.417. The summed E-state index contributed by atoms with van der Waals surface area (Å²) in [6.45, 7) is 2.04. The van der Waals surface area contributed by atoms with Gasteiger partial charge in [0.2, 0.25) is 0 Å². The van der Waals surface area contributed by atoms with Gasteiger partial charge in [-0.15, -0.1) is 12.4 Å². The predicted octanol–water partition coefficient (Wildman–Crippen LogP) is 2.43. The molecule has 1 heterocycles. The number of hydrogen-bond donors (Lipinski definition) is 1. The highest BCUT2D eigenvalue weighted by molar-refractivity contribution is 9.10. The highest BCUT2D eigenvalue weighted by atomic mass is 79.9. The molecule has 0 saturated carbocycles. The first kappa shape index (κ1) is 15.4. The molecule has 0 bridgehead atoms. The van der Waals surface area contributed by atoms with Crippen LogP contribution in [0.2, 0.25) is 0 Å². The summed E-state index contributed by atoms with van der Waals surface area (Å²) >= 11 is 3.08. The van der Waals surface area contributed by atoms with E-state index in [0.717, 1.165) is 13.0 Å². The summed E-state index contributed by atoms with van der Waals surface area (Å²) in [6, 6.07) is 4.33. The molecule has 1 fully saturated rings. The first-order valence-corrected chi connectivity index (χ1v) is 6.35. The summed E-state index contributed by atoms with van der Waals surface area (Å²) in [5.41, 5.74) is 6.09. The van der Waals surface area contributed by atoms with E-state index in [-0.39, 0.29) is 24.1 Å². The second-order valence-corrected chi connectivity index (χ2v) is 5.12. The topological polar surface area (TPSA) is 46.3 Å². The molecule has 1 atom stereocenters. The maximum Gasteiger partial charge on any atom is 0.253 e. The average molecular weight is 338 g/mol. The van der Waals surface area contributed by atoms with Gasteiger partial charge in [0, 0.05) is 18.7 Å². The second kappa shape index (κ2) is 6.50. The van der Waals surface area contributed by atoms with E-state index < -0.39 is 0 Å². The van der Waals surface area contributed by atoms with Crippen LogP contribution in [0.25, 0.3) is 0 Å². The largest absolute Gasteiger partial charge is 0.338 e. The number of likely N-dealkylation sites (tertiary alicyclic amines) is 1. The van der Waals surface area contributed by atoms with Crippen molar-refractivity contribution >= 4 is 34.2 Å². The van der Waals surface area contributed by atoms with Crippen LogP contribution in [-0.4, -0.2) is 30.4 Å². The van der Waals surface area contributed by atoms with Crippen LogP contribution in [0.1, 0.15) is 16.8 Å². The van der Waals surface area contributed by atoms with Crippen LogP contribution >= 0.6 is 28.3 Å². The van der Waals surface area contributed by atoms with Crippen molar-refractivity contribution in [3.8, 4) is 0 Å². The molecule has 1 saturated heterocycles. The van der Waals surface area contributed by atoms with Crippen molar-refractivity contribution in [3.05, 3.63) is 34.1 Å². The van der Waals surface area contributed by atoms with Crippen LogP contribution in [0.4, 0.5) is 4.39 Å². The third-order valence-electron chi connectivity index (χ3n) is 3.07. The number of nitrogens with zero attached hydrogens (tertiary/aromatic N) is 1. The van der Waals surface area contributed by atoms with E-state index in [9.17, 15) is 9.18 Å². The van der Waals surface area contributed by atoms with Crippen molar-refractivity contribution in [2.45, 2.75) is 6.42 Å². The molecule has 1 aliphatic rings. The molecule has 0 aliphatic carbocycles. The molecule has 1 aromatic carbocycles. The normalized spacial score (nSPS) is 18.6. The van der Waals surface area contributed by atoms with E-state index >= 15 is 0 Å². The van der Waals surface area contributed by atoms with Gasteiger partial charge in [-0.05, 0) is 53.0 Å². The first-order valence-electron chi connectivity index (χ1n) is 5.56. The van der Waals surface area contributed by atoms with Gasteiger partial charge in [-0.1, -0.05) is 0 Å². The van der Waals surface area contributed by atoms with Crippen molar-refractivity contribution in [3.63, 3.8) is 0 Å². The van der Waals surface area contributed by atoms with Gasteiger partial charge in [0.1, 0.15) is 5.82 Å². The smallest absolute Gasteiger partial charge is 0.253 e. The second-order valence-electron chi connectivity index (χ2n) is 4.27. The Morgan fingerprint density at radius 2 is 2.28 bits per heavy atom. The van der Waals surface area contributed by atoms with Crippen molar-refractivity contribution in [1.29, 1.82) is 0 Å². The van der Waals surface area contributed by atoms with Crippen LogP contribution in [-0.2, 0) is 0 Å². The Morgan fingerprint density at radius 1 is 1.56 bits per heavy atom. The van der Waals surface area contributed by atoms with Crippen LogP contribution in [0.15, 0.2) is 22.7 Å². The summed E-state index contributed by atoms with van der Waals surface area (Å²) in [6.07, 6.45) is 0.949. The molecule has 0 spiro atoms. The van der Waals surface area contributed by atoms with Gasteiger partial charge < -0.3 is 10.6 Å². The molecular formula is C12H15BrClFN2O. The molecule has 18 heavy (non-hydrogen) atoms. The number of halogens is 3. The van der Waals surface area contributed by atoms with E-state index in [1.54, 1.807) is 4.90 Å². The van der Waals surface area contributed by atoms with Crippen LogP contribution in [0.3, 0.4) is 0 Å². The number of benzene rings is 1. The van der Waals surface area contributed by atoms with Crippen LogP contribution in [0.5, 0.6) is 0 Å². The number of carbonyl (C=O) groups excluding carboxylic acids is 1. The minimum Gasteiger partial charge on any atom is -0.338 e. The van der Waals surface area contributed by atoms with Crippen molar-refractivity contribution in [2.24, 2.45) is 11.7 Å². The Morgan fingerprint density at radius 3 is 2.83 bits per heavy atom. The molecule has 1 amide bonds. The van der Waals surface area contributed by atoms with Gasteiger partial charge in [0.05, 0.1) is 4.47 Å². The molecule has 3 nitrogen and oxygen atoms in total. The van der Waals surface area contributed by atoms with Gasteiger partial charge in [0.15, 0.2) is 0 Å². The lowest BCUT2D eigenvalue weighted by Gasteiger charge is -2.16. The molecule has 0 radical (unpaired) electrons. The lowest BCUT2D eigenvalue weighted by Crippen LogP contribution is -2.29. The van der Waals surface area contributed by atoms with E-state index in [2.05, 4.69) is 15.9 Å². The summed E-state index contributed by atoms with van der Waals surface area (Å²) in [7, 11) is 0. The molecule has 1 aromatic rings. The van der Waals surface area contributed by atoms with Gasteiger partial charge in [-0.3, -0.25) is 4.79 Å². The molecule has 0 aromatic heterocycles. The maximum atomic E-state index is 13.1. The van der Waals surface area contributed by atoms with Crippen LogP contribution < -0.4 is 5.73 Å². The fourth-order valence-corrected chi connectivity index (χ4v) is 2.40. The van der Waals surface area contributed by atoms with Gasteiger partial charge in [-0.25, -0.2) is 4.39 Å². The molecule has 1 unspecified atom stereocenters. The zero-order chi connectivity index (χ0) is 12.4. The summed E-state index contributed by atoms with van der Waals surface area (Å²) in [5, 5.41) is 0. The Bertz CT molecular complexity index is 444. The minimum absolute atomic E-state index is 0. The number of hydrogen-bond acceptors (Lipinski definition) is 2. The van der Waals surface area contributed by atoms with Gasteiger partial charge in [-0.2, -0.15) is 0 Å². The lowest BCUT2D eigenvalue weighted by molar-refractivity contribution is 0.0787. The van der Waals surface area contributed by atoms with E-state index in [4.69, 9.17) is 5.73 Å². The Kier molecular flexibility index (Phi) is 5.56. The molecule has 2 rings (SSSR count). The highest BCUT2D eigenvalue weighted by Crippen LogP contribution is 2.21. The van der Waals surface area contributed by atoms with E-state index in [0.29, 0.717) is 29.0 Å².